The van der Waals surface area contributed by atoms with Crippen molar-refractivity contribution in [3.63, 3.8) is 0 Å². The molecule has 2 aliphatic carbocycles. The summed E-state index contributed by atoms with van der Waals surface area (Å²) in [5, 5.41) is 0. The van der Waals surface area contributed by atoms with Crippen molar-refractivity contribution in [1.29, 1.82) is 0 Å². The van der Waals surface area contributed by atoms with Gasteiger partial charge in [0.15, 0.2) is 5.78 Å². The molecule has 0 spiro atoms. The van der Waals surface area contributed by atoms with Crippen LogP contribution in [0.25, 0.3) is 0 Å². The van der Waals surface area contributed by atoms with E-state index >= 15 is 0 Å². The molecular weight excluding hydrogens is 272 g/mol. The molecule has 3 atom stereocenters. The van der Waals surface area contributed by atoms with Gasteiger partial charge in [-0.05, 0) is 63.4 Å². The van der Waals surface area contributed by atoms with Crippen molar-refractivity contribution in [1.82, 2.24) is 0 Å². The fourth-order valence-electron chi connectivity index (χ4n) is 4.12. The molecule has 0 saturated heterocycles. The van der Waals surface area contributed by atoms with Crippen LogP contribution >= 0.6 is 0 Å². The Morgan fingerprint density at radius 3 is 2.50 bits per heavy atom. The van der Waals surface area contributed by atoms with Gasteiger partial charge in [0.2, 0.25) is 0 Å². The summed E-state index contributed by atoms with van der Waals surface area (Å²) in [5.74, 6) is 1.13. The van der Waals surface area contributed by atoms with Crippen molar-refractivity contribution in [2.45, 2.75) is 73.1 Å². The number of carbonyl (C=O) groups is 2. The Bertz CT molecular complexity index is 534. The molecule has 0 aromatic rings. The monoisotopic (exact) mass is 302 g/mol. The minimum absolute atomic E-state index is 0.0258. The van der Waals surface area contributed by atoms with Crippen LogP contribution in [0.15, 0.2) is 22.8 Å². The summed E-state index contributed by atoms with van der Waals surface area (Å²) in [5.41, 5.74) is 3.53. The van der Waals surface area contributed by atoms with Crippen LogP contribution in [-0.2, 0) is 9.59 Å². The molecule has 0 aromatic heterocycles. The molecule has 2 rings (SSSR count). The SMILES string of the molecule is CC(C)=C1C(=O)C[C@@]2(C)C/C=C(/C)CCC(=O)[C@H](C)CC[C@H]12. The highest BCUT2D eigenvalue weighted by Gasteiger charge is 2.46. The van der Waals surface area contributed by atoms with Gasteiger partial charge in [-0.25, -0.2) is 0 Å². The first-order chi connectivity index (χ1) is 10.2. The lowest BCUT2D eigenvalue weighted by Crippen LogP contribution is -2.23. The molecule has 0 aromatic carbocycles. The van der Waals surface area contributed by atoms with Gasteiger partial charge in [-0.1, -0.05) is 31.1 Å². The third-order valence-electron chi connectivity index (χ3n) is 5.71. The molecule has 2 heteroatoms. The van der Waals surface area contributed by atoms with Gasteiger partial charge >= 0.3 is 0 Å². The second-order valence-electron chi connectivity index (χ2n) is 7.92. The maximum absolute atomic E-state index is 12.5. The highest BCUT2D eigenvalue weighted by atomic mass is 16.1. The number of carbonyl (C=O) groups excluding carboxylic acids is 2. The fourth-order valence-corrected chi connectivity index (χ4v) is 4.12. The van der Waals surface area contributed by atoms with Crippen LogP contribution in [0.2, 0.25) is 0 Å². The standard InChI is InChI=1S/C20H30O2/c1-13(2)19-16-8-7-15(4)17(21)9-6-14(3)10-11-20(16,5)12-18(19)22/h10,15-16H,6-9,11-12H2,1-5H3/b14-10-/t15-,16-,20-/m1/s1. The van der Waals surface area contributed by atoms with E-state index in [-0.39, 0.29) is 11.3 Å². The van der Waals surface area contributed by atoms with Gasteiger partial charge in [-0.3, -0.25) is 9.59 Å². The minimum Gasteiger partial charge on any atom is -0.299 e. The Morgan fingerprint density at radius 1 is 1.18 bits per heavy atom. The molecule has 0 radical (unpaired) electrons. The maximum atomic E-state index is 12.5. The molecule has 0 N–H and O–H groups in total. The zero-order valence-corrected chi connectivity index (χ0v) is 14.8. The van der Waals surface area contributed by atoms with Crippen molar-refractivity contribution in [2.24, 2.45) is 17.3 Å². The average molecular weight is 302 g/mol. The Morgan fingerprint density at radius 2 is 1.86 bits per heavy atom. The van der Waals surface area contributed by atoms with Crippen molar-refractivity contribution in [3.05, 3.63) is 22.8 Å². The van der Waals surface area contributed by atoms with Crippen molar-refractivity contribution in [3.8, 4) is 0 Å². The quantitative estimate of drug-likeness (QED) is 0.464. The number of allylic oxidation sites excluding steroid dienone is 4. The molecule has 0 bridgehead atoms. The summed E-state index contributed by atoms with van der Waals surface area (Å²) < 4.78 is 0. The van der Waals surface area contributed by atoms with E-state index in [1.54, 1.807) is 0 Å². The second kappa shape index (κ2) is 6.52. The molecule has 0 heterocycles. The van der Waals surface area contributed by atoms with Gasteiger partial charge in [0.1, 0.15) is 5.78 Å². The Labute approximate surface area is 135 Å². The molecule has 2 aliphatic rings. The molecule has 22 heavy (non-hydrogen) atoms. The van der Waals surface area contributed by atoms with E-state index in [0.717, 1.165) is 36.8 Å². The number of ketones is 2. The average Bonchev–Trinajstić information content (AvgIpc) is 2.69. The van der Waals surface area contributed by atoms with Gasteiger partial charge < -0.3 is 0 Å². The molecule has 0 amide bonds. The number of hydrogen-bond acceptors (Lipinski definition) is 2. The predicted molar refractivity (Wildman–Crippen MR) is 90.6 cm³/mol. The topological polar surface area (TPSA) is 34.1 Å². The first kappa shape index (κ1) is 17.2. The van der Waals surface area contributed by atoms with Gasteiger partial charge in [-0.2, -0.15) is 0 Å². The lowest BCUT2D eigenvalue weighted by Gasteiger charge is -2.31. The van der Waals surface area contributed by atoms with Crippen LogP contribution < -0.4 is 0 Å². The normalized spacial score (nSPS) is 36.4. The van der Waals surface area contributed by atoms with Crippen LogP contribution in [0.1, 0.15) is 73.1 Å². The lowest BCUT2D eigenvalue weighted by atomic mass is 9.72. The summed E-state index contributed by atoms with van der Waals surface area (Å²) in [6.45, 7) is 10.5. The largest absolute Gasteiger partial charge is 0.299 e. The summed E-state index contributed by atoms with van der Waals surface area (Å²) in [4.78, 5) is 24.8. The number of hydrogen-bond donors (Lipinski definition) is 0. The molecule has 1 saturated carbocycles. The van der Waals surface area contributed by atoms with E-state index < -0.39 is 0 Å². The summed E-state index contributed by atoms with van der Waals surface area (Å²) in [6.07, 6.45) is 7.29. The number of rotatable bonds is 0. The highest BCUT2D eigenvalue weighted by Crippen LogP contribution is 2.51. The Hall–Kier alpha value is -1.18. The van der Waals surface area contributed by atoms with E-state index in [1.807, 2.05) is 0 Å². The summed E-state index contributed by atoms with van der Waals surface area (Å²) in [7, 11) is 0. The first-order valence-electron chi connectivity index (χ1n) is 8.63. The minimum atomic E-state index is 0.0258. The number of Topliss-reactive ketones (excluding diaryl/α,β-unsaturated/α-hetero) is 2. The Balaban J connectivity index is 2.39. The molecule has 0 aliphatic heterocycles. The van der Waals surface area contributed by atoms with Gasteiger partial charge in [0, 0.05) is 18.8 Å². The van der Waals surface area contributed by atoms with Crippen LogP contribution in [-0.4, -0.2) is 11.6 Å². The van der Waals surface area contributed by atoms with Crippen LogP contribution in [0, 0.1) is 17.3 Å². The Kier molecular flexibility index (Phi) is 5.09. The smallest absolute Gasteiger partial charge is 0.159 e. The van der Waals surface area contributed by atoms with Crippen molar-refractivity contribution < 1.29 is 9.59 Å². The lowest BCUT2D eigenvalue weighted by molar-refractivity contribution is -0.122. The maximum Gasteiger partial charge on any atom is 0.159 e. The van der Waals surface area contributed by atoms with E-state index in [1.165, 1.54) is 5.57 Å². The third-order valence-corrected chi connectivity index (χ3v) is 5.71. The first-order valence-corrected chi connectivity index (χ1v) is 8.63. The van der Waals surface area contributed by atoms with Gasteiger partial charge in [0.25, 0.3) is 0 Å². The fraction of sp³-hybridized carbons (Fsp3) is 0.700. The van der Waals surface area contributed by atoms with E-state index in [0.29, 0.717) is 30.3 Å². The van der Waals surface area contributed by atoms with Crippen LogP contribution in [0.5, 0.6) is 0 Å². The van der Waals surface area contributed by atoms with E-state index in [4.69, 9.17) is 0 Å². The molecule has 122 valence electrons. The number of fused-ring (bicyclic) bond motifs is 1. The van der Waals surface area contributed by atoms with Crippen LogP contribution in [0.3, 0.4) is 0 Å². The van der Waals surface area contributed by atoms with Gasteiger partial charge in [0.05, 0.1) is 0 Å². The van der Waals surface area contributed by atoms with E-state index in [9.17, 15) is 9.59 Å². The molecule has 1 fully saturated rings. The molecule has 0 unspecified atom stereocenters. The molecular formula is C20H30O2. The van der Waals surface area contributed by atoms with E-state index in [2.05, 4.69) is 40.7 Å². The van der Waals surface area contributed by atoms with Gasteiger partial charge in [-0.15, -0.1) is 0 Å². The van der Waals surface area contributed by atoms with Crippen molar-refractivity contribution in [2.75, 3.05) is 0 Å². The van der Waals surface area contributed by atoms with Crippen LogP contribution in [0.4, 0.5) is 0 Å². The molecule has 2 nitrogen and oxygen atoms in total. The zero-order chi connectivity index (χ0) is 16.5. The highest BCUT2D eigenvalue weighted by molar-refractivity contribution is 5.99. The summed E-state index contributed by atoms with van der Waals surface area (Å²) in [6, 6.07) is 0. The van der Waals surface area contributed by atoms with Crippen molar-refractivity contribution >= 4 is 11.6 Å². The predicted octanol–water partition coefficient (Wildman–Crippen LogP) is 5.03. The second-order valence-corrected chi connectivity index (χ2v) is 7.92. The zero-order valence-electron chi connectivity index (χ0n) is 14.8. The third kappa shape index (κ3) is 3.42. The summed E-state index contributed by atoms with van der Waals surface area (Å²) >= 11 is 0.